The summed E-state index contributed by atoms with van der Waals surface area (Å²) in [6.45, 7) is 0. The number of halogens is 1. The van der Waals surface area contributed by atoms with Crippen LogP contribution in [0.1, 0.15) is 12.8 Å². The first-order valence-corrected chi connectivity index (χ1v) is 5.68. The van der Waals surface area contributed by atoms with Gasteiger partial charge in [0.05, 0.1) is 7.11 Å². The van der Waals surface area contributed by atoms with Gasteiger partial charge in [0.1, 0.15) is 11.5 Å². The summed E-state index contributed by atoms with van der Waals surface area (Å²) in [5, 5.41) is 11.2. The molecule has 0 radical (unpaired) electrons. The van der Waals surface area contributed by atoms with Crippen LogP contribution in [-0.4, -0.2) is 18.9 Å². The van der Waals surface area contributed by atoms with Gasteiger partial charge in [0.25, 0.3) is 0 Å². The van der Waals surface area contributed by atoms with Crippen LogP contribution >= 0.6 is 15.9 Å². The maximum Gasteiger partial charge on any atom is 0.145 e. The number of methoxy groups -OCH3 is 1. The number of hydrogen-bond donors (Lipinski definition) is 2. The zero-order valence-corrected chi connectivity index (χ0v) is 10.1. The average molecular weight is 269 g/mol. The minimum absolute atomic E-state index is 0.425. The summed E-state index contributed by atoms with van der Waals surface area (Å²) in [7, 11) is 1.58. The van der Waals surface area contributed by atoms with Crippen molar-refractivity contribution in [3.63, 3.8) is 0 Å². The van der Waals surface area contributed by atoms with E-state index in [2.05, 4.69) is 21.2 Å². The van der Waals surface area contributed by atoms with Crippen molar-refractivity contribution in [1.82, 2.24) is 5.32 Å². The molecule has 2 aliphatic carbocycles. The van der Waals surface area contributed by atoms with Gasteiger partial charge in [0.2, 0.25) is 0 Å². The Morgan fingerprint density at radius 1 is 1.53 bits per heavy atom. The molecule has 1 saturated carbocycles. The lowest BCUT2D eigenvalue weighted by atomic mass is 10.1. The maximum absolute atomic E-state index is 7.89. The molecular formula is C11H13BrN2O. The van der Waals surface area contributed by atoms with Crippen molar-refractivity contribution in [2.45, 2.75) is 18.9 Å². The molecule has 1 fully saturated rings. The Labute approximate surface area is 97.5 Å². The van der Waals surface area contributed by atoms with Crippen molar-refractivity contribution >= 4 is 21.6 Å². The van der Waals surface area contributed by atoms with Gasteiger partial charge in [-0.05, 0) is 25.0 Å². The van der Waals surface area contributed by atoms with Crippen LogP contribution in [0.15, 0.2) is 34.2 Å². The van der Waals surface area contributed by atoms with Gasteiger partial charge in [-0.2, -0.15) is 0 Å². The van der Waals surface area contributed by atoms with Crippen molar-refractivity contribution < 1.29 is 4.74 Å². The van der Waals surface area contributed by atoms with Gasteiger partial charge in [-0.25, -0.2) is 0 Å². The molecule has 0 aromatic heterocycles. The second-order valence-electron chi connectivity index (χ2n) is 3.66. The zero-order valence-electron chi connectivity index (χ0n) is 8.51. The monoisotopic (exact) mass is 268 g/mol. The van der Waals surface area contributed by atoms with E-state index in [0.717, 1.165) is 10.1 Å². The number of hydrogen-bond acceptors (Lipinski definition) is 3. The van der Waals surface area contributed by atoms with Crippen LogP contribution in [0.5, 0.6) is 0 Å². The Hall–Kier alpha value is -1.03. The lowest BCUT2D eigenvalue weighted by molar-refractivity contribution is 0.314. The highest BCUT2D eigenvalue weighted by molar-refractivity contribution is 9.11. The van der Waals surface area contributed by atoms with Crippen LogP contribution in [0.25, 0.3) is 0 Å². The van der Waals surface area contributed by atoms with E-state index in [1.54, 1.807) is 13.2 Å². The molecule has 15 heavy (non-hydrogen) atoms. The molecule has 0 bridgehead atoms. The van der Waals surface area contributed by atoms with Crippen molar-refractivity contribution in [2.75, 3.05) is 7.11 Å². The number of nitrogens with one attached hydrogen (secondary N) is 2. The third-order valence-electron chi connectivity index (χ3n) is 2.37. The van der Waals surface area contributed by atoms with Gasteiger partial charge in [-0.1, -0.05) is 15.9 Å². The van der Waals surface area contributed by atoms with E-state index in [9.17, 15) is 0 Å². The Bertz CT molecular complexity index is 378. The fourth-order valence-electron chi connectivity index (χ4n) is 1.33. The highest BCUT2D eigenvalue weighted by Gasteiger charge is 2.21. The number of ether oxygens (including phenoxy) is 1. The number of rotatable bonds is 3. The molecule has 0 spiro atoms. The molecule has 0 aromatic carbocycles. The lowest BCUT2D eigenvalue weighted by Gasteiger charge is -2.14. The van der Waals surface area contributed by atoms with Gasteiger partial charge in [-0.15, -0.1) is 0 Å². The molecule has 0 heterocycles. The van der Waals surface area contributed by atoms with E-state index >= 15 is 0 Å². The Balaban J connectivity index is 2.15. The molecule has 2 N–H and O–H groups in total. The quantitative estimate of drug-likeness (QED) is 0.826. The van der Waals surface area contributed by atoms with Gasteiger partial charge in [0, 0.05) is 22.3 Å². The highest BCUT2D eigenvalue weighted by Crippen LogP contribution is 2.24. The van der Waals surface area contributed by atoms with Crippen LogP contribution < -0.4 is 5.32 Å². The minimum atomic E-state index is 0.425. The van der Waals surface area contributed by atoms with Gasteiger partial charge in [-0.3, -0.25) is 5.41 Å². The van der Waals surface area contributed by atoms with E-state index in [1.165, 1.54) is 12.8 Å². The molecular weight excluding hydrogens is 256 g/mol. The summed E-state index contributed by atoms with van der Waals surface area (Å²) in [6, 6.07) is 0.606. The first-order chi connectivity index (χ1) is 7.20. The third-order valence-corrected chi connectivity index (χ3v) is 2.83. The fraction of sp³-hybridized carbons (Fsp3) is 0.364. The molecule has 0 saturated heterocycles. The fourth-order valence-corrected chi connectivity index (χ4v) is 1.79. The largest absolute Gasteiger partial charge is 0.494 e. The van der Waals surface area contributed by atoms with Crippen molar-refractivity contribution in [3.05, 3.63) is 34.2 Å². The molecule has 2 rings (SSSR count). The summed E-state index contributed by atoms with van der Waals surface area (Å²) < 4.78 is 6.05. The summed E-state index contributed by atoms with van der Waals surface area (Å²) >= 11 is 3.40. The molecule has 0 amide bonds. The summed E-state index contributed by atoms with van der Waals surface area (Å²) in [5.41, 5.74) is 1.28. The summed E-state index contributed by atoms with van der Waals surface area (Å²) in [5.74, 6) is 0.591. The van der Waals surface area contributed by atoms with Gasteiger partial charge in [0.15, 0.2) is 0 Å². The molecule has 4 heteroatoms. The Morgan fingerprint density at radius 3 is 2.87 bits per heavy atom. The normalized spacial score (nSPS) is 23.6. The molecule has 2 aliphatic rings. The SMILES string of the molecule is COC1=CC(Br)=C/C(=C/NC2CC2)C1=N. The van der Waals surface area contributed by atoms with E-state index < -0.39 is 0 Å². The highest BCUT2D eigenvalue weighted by atomic mass is 79.9. The molecule has 0 aromatic rings. The minimum Gasteiger partial charge on any atom is -0.494 e. The zero-order chi connectivity index (χ0) is 10.8. The predicted octanol–water partition coefficient (Wildman–Crippen LogP) is 2.46. The van der Waals surface area contributed by atoms with E-state index in [-0.39, 0.29) is 0 Å². The Morgan fingerprint density at radius 2 is 2.27 bits per heavy atom. The van der Waals surface area contributed by atoms with E-state index in [1.807, 2.05) is 12.3 Å². The van der Waals surface area contributed by atoms with Crippen LogP contribution in [0.2, 0.25) is 0 Å². The second kappa shape index (κ2) is 4.23. The lowest BCUT2D eigenvalue weighted by Crippen LogP contribution is -2.15. The van der Waals surface area contributed by atoms with E-state index in [0.29, 0.717) is 17.5 Å². The maximum atomic E-state index is 7.89. The molecule has 80 valence electrons. The van der Waals surface area contributed by atoms with Gasteiger partial charge >= 0.3 is 0 Å². The standard InChI is InChI=1S/C11H13BrN2O/c1-15-10-5-8(12)4-7(11(10)13)6-14-9-2-3-9/h4-6,9,13-14H,2-3H2,1H3/b7-6-,13-11?. The van der Waals surface area contributed by atoms with Crippen LogP contribution in [-0.2, 0) is 4.74 Å². The third kappa shape index (κ3) is 2.50. The molecule has 0 aliphatic heterocycles. The summed E-state index contributed by atoms with van der Waals surface area (Å²) in [6.07, 6.45) is 8.08. The van der Waals surface area contributed by atoms with E-state index in [4.69, 9.17) is 10.1 Å². The Kier molecular flexibility index (Phi) is 2.95. The predicted molar refractivity (Wildman–Crippen MR) is 64.1 cm³/mol. The average Bonchev–Trinajstić information content (AvgIpc) is 3.02. The van der Waals surface area contributed by atoms with Crippen molar-refractivity contribution in [1.29, 1.82) is 5.41 Å². The molecule has 0 unspecified atom stereocenters. The van der Waals surface area contributed by atoms with Crippen molar-refractivity contribution in [2.24, 2.45) is 0 Å². The van der Waals surface area contributed by atoms with Crippen LogP contribution in [0.4, 0.5) is 0 Å². The first-order valence-electron chi connectivity index (χ1n) is 4.89. The summed E-state index contributed by atoms with van der Waals surface area (Å²) in [4.78, 5) is 0. The van der Waals surface area contributed by atoms with Crippen LogP contribution in [0, 0.1) is 5.41 Å². The van der Waals surface area contributed by atoms with Crippen molar-refractivity contribution in [3.8, 4) is 0 Å². The first kappa shape index (κ1) is 10.5. The smallest absolute Gasteiger partial charge is 0.145 e. The van der Waals surface area contributed by atoms with Crippen LogP contribution in [0.3, 0.4) is 0 Å². The number of allylic oxidation sites excluding steroid dienone is 4. The molecule has 0 atom stereocenters. The topological polar surface area (TPSA) is 45.1 Å². The molecule has 3 nitrogen and oxygen atoms in total. The second-order valence-corrected chi connectivity index (χ2v) is 4.57. The van der Waals surface area contributed by atoms with Gasteiger partial charge < -0.3 is 10.1 Å².